The molecule has 1 saturated heterocycles. The predicted octanol–water partition coefficient (Wildman–Crippen LogP) is 2.73. The molecule has 0 radical (unpaired) electrons. The first-order valence-electron chi connectivity index (χ1n) is 9.93. The number of aryl methyl sites for hydroxylation is 2. The Kier molecular flexibility index (Phi) is 5.57. The number of fused-ring (bicyclic) bond motifs is 1. The van der Waals surface area contributed by atoms with Crippen LogP contribution in [0.15, 0.2) is 18.2 Å². The minimum absolute atomic E-state index is 0.0494. The van der Waals surface area contributed by atoms with Gasteiger partial charge in [-0.25, -0.2) is 4.98 Å². The maximum atomic E-state index is 13.1. The number of rotatable bonds is 3. The summed E-state index contributed by atoms with van der Waals surface area (Å²) in [5, 5.41) is 3.88. The zero-order valence-electron chi connectivity index (χ0n) is 16.1. The summed E-state index contributed by atoms with van der Waals surface area (Å²) in [6, 6.07) is 5.64. The van der Waals surface area contributed by atoms with Crippen molar-refractivity contribution in [3.63, 3.8) is 0 Å². The fourth-order valence-electron chi connectivity index (χ4n) is 3.72. The lowest BCUT2D eigenvalue weighted by Crippen LogP contribution is -2.35. The number of nitrogens with zero attached hydrogens (tertiary/aromatic N) is 4. The summed E-state index contributed by atoms with van der Waals surface area (Å²) < 4.78 is 4.37. The third kappa shape index (κ3) is 4.01. The van der Waals surface area contributed by atoms with Crippen LogP contribution in [-0.4, -0.2) is 52.3 Å². The predicted molar refractivity (Wildman–Crippen MR) is 110 cm³/mol. The highest BCUT2D eigenvalue weighted by Crippen LogP contribution is 2.25. The van der Waals surface area contributed by atoms with Crippen molar-refractivity contribution in [2.24, 2.45) is 0 Å². The minimum Gasteiger partial charge on any atom is -0.345 e. The normalized spacial score (nSPS) is 17.5. The van der Waals surface area contributed by atoms with Crippen LogP contribution in [0.4, 0.5) is 10.8 Å². The molecule has 148 valence electrons. The van der Waals surface area contributed by atoms with Gasteiger partial charge >= 0.3 is 0 Å². The molecule has 4 rings (SSSR count). The Labute approximate surface area is 168 Å². The second-order valence-corrected chi connectivity index (χ2v) is 7.98. The molecule has 3 heterocycles. The van der Waals surface area contributed by atoms with Crippen LogP contribution in [-0.2, 0) is 17.6 Å². The van der Waals surface area contributed by atoms with Gasteiger partial charge in [-0.3, -0.25) is 9.59 Å². The van der Waals surface area contributed by atoms with Gasteiger partial charge in [0.15, 0.2) is 0 Å². The molecule has 2 aromatic rings. The van der Waals surface area contributed by atoms with Crippen molar-refractivity contribution in [3.8, 4) is 0 Å². The third-order valence-corrected chi connectivity index (χ3v) is 6.12. The van der Waals surface area contributed by atoms with Crippen molar-refractivity contribution >= 4 is 34.2 Å². The number of hydrogen-bond donors (Lipinski definition) is 1. The maximum absolute atomic E-state index is 13.1. The minimum atomic E-state index is 0.0494. The Morgan fingerprint density at radius 3 is 2.89 bits per heavy atom. The third-order valence-electron chi connectivity index (χ3n) is 5.30. The van der Waals surface area contributed by atoms with Crippen LogP contribution in [0.5, 0.6) is 0 Å². The van der Waals surface area contributed by atoms with Gasteiger partial charge in [-0.2, -0.15) is 4.37 Å². The Balaban J connectivity index is 1.45. The molecule has 0 spiro atoms. The lowest BCUT2D eigenvalue weighted by molar-refractivity contribution is -0.116. The molecule has 0 bridgehead atoms. The molecule has 0 aliphatic carbocycles. The lowest BCUT2D eigenvalue weighted by atomic mass is 10.0. The van der Waals surface area contributed by atoms with E-state index in [0.29, 0.717) is 18.5 Å². The molecule has 1 N–H and O–H groups in total. The molecule has 2 aliphatic heterocycles. The van der Waals surface area contributed by atoms with Gasteiger partial charge in [0.25, 0.3) is 5.91 Å². The van der Waals surface area contributed by atoms with Gasteiger partial charge in [0.1, 0.15) is 5.82 Å². The first-order chi connectivity index (χ1) is 13.6. The Morgan fingerprint density at radius 1 is 1.18 bits per heavy atom. The first kappa shape index (κ1) is 18.9. The molecule has 28 heavy (non-hydrogen) atoms. The van der Waals surface area contributed by atoms with E-state index in [2.05, 4.69) is 26.5 Å². The van der Waals surface area contributed by atoms with Crippen LogP contribution in [0.1, 0.15) is 47.9 Å². The summed E-state index contributed by atoms with van der Waals surface area (Å²) in [5.74, 6) is 0.995. The number of carbonyl (C=O) groups excluding carboxylic acids is 2. The highest BCUT2D eigenvalue weighted by Gasteiger charge is 2.23. The second-order valence-electron chi connectivity index (χ2n) is 7.25. The van der Waals surface area contributed by atoms with Gasteiger partial charge in [-0.15, -0.1) is 0 Å². The Hall–Kier alpha value is -2.48. The molecule has 1 aromatic carbocycles. The molecule has 2 amide bonds. The molecular weight excluding hydrogens is 374 g/mol. The number of amides is 2. The molecule has 2 aliphatic rings. The SMILES string of the molecule is CCc1nsc(N2CCCN(C(=O)c3ccc4c(c3)CCCC(=O)N4)CC2)n1. The van der Waals surface area contributed by atoms with Crippen molar-refractivity contribution in [2.45, 2.75) is 39.0 Å². The number of nitrogens with one attached hydrogen (secondary N) is 1. The molecule has 0 unspecified atom stereocenters. The van der Waals surface area contributed by atoms with Crippen LogP contribution in [0.25, 0.3) is 0 Å². The van der Waals surface area contributed by atoms with E-state index in [-0.39, 0.29) is 11.8 Å². The maximum Gasteiger partial charge on any atom is 0.253 e. The average molecular weight is 400 g/mol. The van der Waals surface area contributed by atoms with Crippen LogP contribution in [0.3, 0.4) is 0 Å². The first-order valence-corrected chi connectivity index (χ1v) is 10.7. The number of anilines is 2. The van der Waals surface area contributed by atoms with Gasteiger partial charge in [-0.1, -0.05) is 6.92 Å². The van der Waals surface area contributed by atoms with Crippen molar-refractivity contribution in [1.29, 1.82) is 0 Å². The smallest absolute Gasteiger partial charge is 0.253 e. The molecule has 7 nitrogen and oxygen atoms in total. The topological polar surface area (TPSA) is 78.4 Å². The molecule has 1 fully saturated rings. The zero-order valence-corrected chi connectivity index (χ0v) is 16.9. The van der Waals surface area contributed by atoms with Crippen molar-refractivity contribution in [2.75, 3.05) is 36.4 Å². The quantitative estimate of drug-likeness (QED) is 0.859. The van der Waals surface area contributed by atoms with Crippen molar-refractivity contribution in [1.82, 2.24) is 14.3 Å². The van der Waals surface area contributed by atoms with Gasteiger partial charge in [-0.05, 0) is 43.0 Å². The zero-order chi connectivity index (χ0) is 19.5. The molecule has 8 heteroatoms. The summed E-state index contributed by atoms with van der Waals surface area (Å²) in [4.78, 5) is 33.5. The van der Waals surface area contributed by atoms with E-state index in [4.69, 9.17) is 0 Å². The molecule has 1 aromatic heterocycles. The number of carbonyl (C=O) groups is 2. The van der Waals surface area contributed by atoms with Gasteiger partial charge < -0.3 is 15.1 Å². The van der Waals surface area contributed by atoms with Crippen molar-refractivity contribution < 1.29 is 9.59 Å². The van der Waals surface area contributed by atoms with Gasteiger partial charge in [0.2, 0.25) is 11.0 Å². The summed E-state index contributed by atoms with van der Waals surface area (Å²) in [6.45, 7) is 5.13. The molecule has 0 atom stereocenters. The van der Waals surface area contributed by atoms with E-state index in [9.17, 15) is 9.59 Å². The number of benzene rings is 1. The second kappa shape index (κ2) is 8.26. The van der Waals surface area contributed by atoms with E-state index < -0.39 is 0 Å². The van der Waals surface area contributed by atoms with Crippen LogP contribution < -0.4 is 10.2 Å². The standard InChI is InChI=1S/C20H25N5O2S/c1-2-17-22-20(28-23-17)25-10-4-9-24(11-12-25)19(27)15-7-8-16-14(13-15)5-3-6-18(26)21-16/h7-8,13H,2-6,9-12H2,1H3,(H,21,26). The van der Waals surface area contributed by atoms with E-state index >= 15 is 0 Å². The van der Waals surface area contributed by atoms with Crippen molar-refractivity contribution in [3.05, 3.63) is 35.2 Å². The summed E-state index contributed by atoms with van der Waals surface area (Å²) >= 11 is 1.44. The summed E-state index contributed by atoms with van der Waals surface area (Å²) in [5.41, 5.74) is 2.59. The fraction of sp³-hybridized carbons (Fsp3) is 0.500. The van der Waals surface area contributed by atoms with E-state index in [1.807, 2.05) is 23.1 Å². The fourth-order valence-corrected chi connectivity index (χ4v) is 4.52. The van der Waals surface area contributed by atoms with Gasteiger partial charge in [0.05, 0.1) is 0 Å². The average Bonchev–Trinajstić information content (AvgIpc) is 2.93. The van der Waals surface area contributed by atoms with Gasteiger partial charge in [0, 0.05) is 61.8 Å². The molecular formula is C20H25N5O2S. The van der Waals surface area contributed by atoms with E-state index in [1.54, 1.807) is 0 Å². The van der Waals surface area contributed by atoms with Crippen LogP contribution >= 0.6 is 11.5 Å². The Morgan fingerprint density at radius 2 is 2.07 bits per heavy atom. The molecule has 0 saturated carbocycles. The monoisotopic (exact) mass is 399 g/mol. The highest BCUT2D eigenvalue weighted by atomic mass is 32.1. The van der Waals surface area contributed by atoms with E-state index in [0.717, 1.165) is 67.5 Å². The van der Waals surface area contributed by atoms with E-state index in [1.165, 1.54) is 11.5 Å². The van der Waals surface area contributed by atoms with Crippen LogP contribution in [0.2, 0.25) is 0 Å². The highest BCUT2D eigenvalue weighted by molar-refractivity contribution is 7.09. The number of aromatic nitrogens is 2. The summed E-state index contributed by atoms with van der Waals surface area (Å²) in [7, 11) is 0. The summed E-state index contributed by atoms with van der Waals surface area (Å²) in [6.07, 6.45) is 3.92. The Bertz CT molecular complexity index is 881. The van der Waals surface area contributed by atoms with Crippen LogP contribution in [0, 0.1) is 0 Å². The largest absolute Gasteiger partial charge is 0.345 e. The lowest BCUT2D eigenvalue weighted by Gasteiger charge is -2.22. The number of hydrogen-bond acceptors (Lipinski definition) is 6.